The van der Waals surface area contributed by atoms with Gasteiger partial charge in [-0.3, -0.25) is 4.90 Å². The summed E-state index contributed by atoms with van der Waals surface area (Å²) in [5.41, 5.74) is 5.23. The molecule has 5 nitrogen and oxygen atoms in total. The van der Waals surface area contributed by atoms with Crippen LogP contribution in [0.2, 0.25) is 0 Å². The molecule has 2 amide bonds. The summed E-state index contributed by atoms with van der Waals surface area (Å²) in [5.74, 6) is 0. The molecular formula is C9H17N3O2. The van der Waals surface area contributed by atoms with E-state index in [0.717, 1.165) is 39.1 Å². The van der Waals surface area contributed by atoms with Gasteiger partial charge in [-0.2, -0.15) is 0 Å². The SMILES string of the molecule is NC(=O)N1CCN(C2CCOCC2)C1. The van der Waals surface area contributed by atoms with E-state index >= 15 is 0 Å². The van der Waals surface area contributed by atoms with Crippen LogP contribution in [0, 0.1) is 0 Å². The lowest BCUT2D eigenvalue weighted by atomic mass is 10.1. The number of hydrogen-bond acceptors (Lipinski definition) is 3. The largest absolute Gasteiger partial charge is 0.381 e. The molecule has 0 spiro atoms. The molecule has 2 aliphatic rings. The topological polar surface area (TPSA) is 58.8 Å². The Kier molecular flexibility index (Phi) is 2.88. The monoisotopic (exact) mass is 199 g/mol. The molecule has 0 bridgehead atoms. The summed E-state index contributed by atoms with van der Waals surface area (Å²) in [6, 6.07) is 0.271. The van der Waals surface area contributed by atoms with Gasteiger partial charge < -0.3 is 15.4 Å². The van der Waals surface area contributed by atoms with Crippen molar-refractivity contribution in [3.63, 3.8) is 0 Å². The van der Waals surface area contributed by atoms with Gasteiger partial charge in [0, 0.05) is 32.3 Å². The predicted octanol–water partition coefficient (Wildman–Crippen LogP) is -0.181. The number of nitrogens with two attached hydrogens (primary N) is 1. The second kappa shape index (κ2) is 4.14. The van der Waals surface area contributed by atoms with E-state index in [-0.39, 0.29) is 6.03 Å². The van der Waals surface area contributed by atoms with Crippen molar-refractivity contribution in [3.05, 3.63) is 0 Å². The van der Waals surface area contributed by atoms with Crippen LogP contribution in [0.25, 0.3) is 0 Å². The maximum Gasteiger partial charge on any atom is 0.315 e. The average molecular weight is 199 g/mol. The van der Waals surface area contributed by atoms with E-state index in [0.29, 0.717) is 12.7 Å². The van der Waals surface area contributed by atoms with Gasteiger partial charge in [-0.15, -0.1) is 0 Å². The van der Waals surface area contributed by atoms with Crippen molar-refractivity contribution < 1.29 is 9.53 Å². The van der Waals surface area contributed by atoms with Crippen molar-refractivity contribution in [1.29, 1.82) is 0 Å². The molecule has 2 N–H and O–H groups in total. The number of ether oxygens (including phenoxy) is 1. The van der Waals surface area contributed by atoms with Crippen LogP contribution in [-0.4, -0.2) is 54.8 Å². The highest BCUT2D eigenvalue weighted by Crippen LogP contribution is 2.17. The summed E-state index contributed by atoms with van der Waals surface area (Å²) in [4.78, 5) is 14.9. The van der Waals surface area contributed by atoms with Gasteiger partial charge in [0.2, 0.25) is 0 Å². The van der Waals surface area contributed by atoms with Crippen molar-refractivity contribution in [1.82, 2.24) is 9.80 Å². The lowest BCUT2D eigenvalue weighted by Gasteiger charge is -2.30. The fraction of sp³-hybridized carbons (Fsp3) is 0.889. The summed E-state index contributed by atoms with van der Waals surface area (Å²) in [6.07, 6.45) is 2.15. The van der Waals surface area contributed by atoms with Gasteiger partial charge >= 0.3 is 6.03 Å². The number of amides is 2. The summed E-state index contributed by atoms with van der Waals surface area (Å²) < 4.78 is 5.30. The standard InChI is InChI=1S/C9H17N3O2/c10-9(13)12-4-3-11(7-12)8-1-5-14-6-2-8/h8H,1-7H2,(H2,10,13). The molecule has 0 saturated carbocycles. The Bertz CT molecular complexity index is 216. The molecule has 0 aromatic rings. The fourth-order valence-electron chi connectivity index (χ4n) is 2.14. The van der Waals surface area contributed by atoms with E-state index < -0.39 is 0 Å². The molecule has 80 valence electrons. The molecule has 0 unspecified atom stereocenters. The number of rotatable bonds is 1. The number of nitrogens with zero attached hydrogens (tertiary/aromatic N) is 2. The molecule has 0 aliphatic carbocycles. The molecule has 0 aromatic carbocycles. The Hall–Kier alpha value is -0.810. The highest BCUT2D eigenvalue weighted by atomic mass is 16.5. The molecule has 2 rings (SSSR count). The smallest absolute Gasteiger partial charge is 0.315 e. The molecule has 2 heterocycles. The summed E-state index contributed by atoms with van der Waals surface area (Å²) in [7, 11) is 0. The van der Waals surface area contributed by atoms with Crippen molar-refractivity contribution in [2.75, 3.05) is 33.0 Å². The van der Waals surface area contributed by atoms with Crippen LogP contribution in [0.1, 0.15) is 12.8 Å². The Morgan fingerprint density at radius 1 is 1.29 bits per heavy atom. The first kappa shape index (κ1) is 9.73. The van der Waals surface area contributed by atoms with E-state index in [1.807, 2.05) is 0 Å². The molecule has 0 aromatic heterocycles. The van der Waals surface area contributed by atoms with E-state index in [2.05, 4.69) is 4.90 Å². The number of carbonyl (C=O) groups excluding carboxylic acids is 1. The van der Waals surface area contributed by atoms with Crippen LogP contribution < -0.4 is 5.73 Å². The lowest BCUT2D eigenvalue weighted by molar-refractivity contribution is 0.0385. The van der Waals surface area contributed by atoms with Crippen molar-refractivity contribution in [2.45, 2.75) is 18.9 Å². The van der Waals surface area contributed by atoms with E-state index in [4.69, 9.17) is 10.5 Å². The molecule has 0 atom stereocenters. The lowest BCUT2D eigenvalue weighted by Crippen LogP contribution is -2.41. The van der Waals surface area contributed by atoms with Gasteiger partial charge in [-0.05, 0) is 12.8 Å². The normalized spacial score (nSPS) is 25.6. The first-order valence-corrected chi connectivity index (χ1v) is 5.13. The van der Waals surface area contributed by atoms with Crippen LogP contribution in [0.15, 0.2) is 0 Å². The molecular weight excluding hydrogens is 182 g/mol. The highest BCUT2D eigenvalue weighted by molar-refractivity contribution is 5.72. The maximum atomic E-state index is 10.9. The highest BCUT2D eigenvalue weighted by Gasteiger charge is 2.29. The zero-order valence-corrected chi connectivity index (χ0v) is 8.32. The van der Waals surface area contributed by atoms with E-state index in [9.17, 15) is 4.79 Å². The Balaban J connectivity index is 1.85. The van der Waals surface area contributed by atoms with Crippen LogP contribution in [0.4, 0.5) is 4.79 Å². The van der Waals surface area contributed by atoms with Gasteiger partial charge in [0.15, 0.2) is 0 Å². The molecule has 5 heteroatoms. The summed E-state index contributed by atoms with van der Waals surface area (Å²) in [6.45, 7) is 4.11. The summed E-state index contributed by atoms with van der Waals surface area (Å²) in [5, 5.41) is 0. The quantitative estimate of drug-likeness (QED) is 0.637. The zero-order chi connectivity index (χ0) is 9.97. The molecule has 2 aliphatic heterocycles. The van der Waals surface area contributed by atoms with Crippen LogP contribution in [0.3, 0.4) is 0 Å². The Morgan fingerprint density at radius 3 is 2.57 bits per heavy atom. The number of hydrogen-bond donors (Lipinski definition) is 1. The van der Waals surface area contributed by atoms with Crippen molar-refractivity contribution >= 4 is 6.03 Å². The minimum absolute atomic E-state index is 0.306. The second-order valence-electron chi connectivity index (χ2n) is 3.90. The number of urea groups is 1. The fourth-order valence-corrected chi connectivity index (χ4v) is 2.14. The van der Waals surface area contributed by atoms with Gasteiger partial charge in [0.25, 0.3) is 0 Å². The van der Waals surface area contributed by atoms with Gasteiger partial charge in [-0.25, -0.2) is 4.79 Å². The third-order valence-corrected chi connectivity index (χ3v) is 3.03. The third kappa shape index (κ3) is 1.99. The van der Waals surface area contributed by atoms with Gasteiger partial charge in [-0.1, -0.05) is 0 Å². The van der Waals surface area contributed by atoms with Gasteiger partial charge in [0.05, 0.1) is 6.67 Å². The van der Waals surface area contributed by atoms with Crippen molar-refractivity contribution in [3.8, 4) is 0 Å². The Labute approximate surface area is 83.8 Å². The van der Waals surface area contributed by atoms with Crippen LogP contribution in [-0.2, 0) is 4.74 Å². The number of primary amides is 1. The van der Waals surface area contributed by atoms with Crippen LogP contribution in [0.5, 0.6) is 0 Å². The van der Waals surface area contributed by atoms with Crippen LogP contribution >= 0.6 is 0 Å². The maximum absolute atomic E-state index is 10.9. The molecule has 2 saturated heterocycles. The first-order valence-electron chi connectivity index (χ1n) is 5.13. The Morgan fingerprint density at radius 2 is 2.00 bits per heavy atom. The zero-order valence-electron chi connectivity index (χ0n) is 8.32. The van der Waals surface area contributed by atoms with Gasteiger partial charge in [0.1, 0.15) is 0 Å². The minimum atomic E-state index is -0.306. The van der Waals surface area contributed by atoms with E-state index in [1.54, 1.807) is 4.90 Å². The molecule has 14 heavy (non-hydrogen) atoms. The second-order valence-corrected chi connectivity index (χ2v) is 3.90. The minimum Gasteiger partial charge on any atom is -0.381 e. The average Bonchev–Trinajstić information content (AvgIpc) is 2.68. The van der Waals surface area contributed by atoms with E-state index in [1.165, 1.54) is 0 Å². The number of carbonyl (C=O) groups is 1. The first-order chi connectivity index (χ1) is 6.77. The van der Waals surface area contributed by atoms with Crippen molar-refractivity contribution in [2.24, 2.45) is 5.73 Å². The summed E-state index contributed by atoms with van der Waals surface area (Å²) >= 11 is 0. The predicted molar refractivity (Wildman–Crippen MR) is 51.7 cm³/mol. The molecule has 0 radical (unpaired) electrons. The third-order valence-electron chi connectivity index (χ3n) is 3.03. The molecule has 2 fully saturated rings.